The molecule has 2 heterocycles. The van der Waals surface area contributed by atoms with Crippen molar-refractivity contribution in [1.82, 2.24) is 0 Å². The van der Waals surface area contributed by atoms with Gasteiger partial charge in [0.05, 0.1) is 31.1 Å². The Kier molecular flexibility index (Phi) is 8.24. The van der Waals surface area contributed by atoms with Crippen LogP contribution in [0, 0.1) is 35.0 Å². The molecule has 0 radical (unpaired) electrons. The van der Waals surface area contributed by atoms with Crippen LogP contribution in [0.25, 0.3) is 0 Å². The van der Waals surface area contributed by atoms with Crippen molar-refractivity contribution in [2.24, 2.45) is 23.7 Å². The predicted octanol–water partition coefficient (Wildman–Crippen LogP) is 4.66. The number of halogens is 2. The number of nitriles is 1. The smallest absolute Gasteiger partial charge is 0.231 e. The van der Waals surface area contributed by atoms with E-state index in [0.29, 0.717) is 18.6 Å². The first-order chi connectivity index (χ1) is 19.6. The number of fused-ring (bicyclic) bond motifs is 2. The van der Waals surface area contributed by atoms with Gasteiger partial charge in [-0.2, -0.15) is 5.26 Å². The van der Waals surface area contributed by atoms with Crippen molar-refractivity contribution in [3.63, 3.8) is 0 Å². The summed E-state index contributed by atoms with van der Waals surface area (Å²) in [6.45, 7) is 4.96. The van der Waals surface area contributed by atoms with Gasteiger partial charge in [0.2, 0.25) is 6.79 Å². The van der Waals surface area contributed by atoms with E-state index in [4.69, 9.17) is 9.47 Å². The van der Waals surface area contributed by atoms with Crippen molar-refractivity contribution < 1.29 is 30.9 Å². The number of piperidine rings is 1. The number of quaternary nitrogens is 1. The van der Waals surface area contributed by atoms with Crippen LogP contribution in [-0.2, 0) is 18.4 Å². The summed E-state index contributed by atoms with van der Waals surface area (Å²) in [7, 11) is 0. The monoisotopic (exact) mass is 676 g/mol. The van der Waals surface area contributed by atoms with E-state index in [-0.39, 0.29) is 22.4 Å². The lowest BCUT2D eigenvalue weighted by molar-refractivity contribution is -0.934. The van der Waals surface area contributed by atoms with Crippen LogP contribution < -0.4 is 26.5 Å². The minimum Gasteiger partial charge on any atom is -1.00 e. The zero-order valence-corrected chi connectivity index (χ0v) is 26.7. The maximum atomic E-state index is 10.8. The summed E-state index contributed by atoms with van der Waals surface area (Å²) in [4.78, 5) is 0. The Labute approximate surface area is 263 Å². The Bertz CT molecular complexity index is 1390. The van der Waals surface area contributed by atoms with Gasteiger partial charge < -0.3 is 30.9 Å². The van der Waals surface area contributed by atoms with Crippen molar-refractivity contribution in [1.29, 1.82) is 5.26 Å². The first-order valence-electron chi connectivity index (χ1n) is 15.0. The van der Waals surface area contributed by atoms with Crippen LogP contribution >= 0.6 is 15.9 Å². The normalized spacial score (nSPS) is 27.5. The maximum Gasteiger partial charge on any atom is 0.231 e. The number of nitrogens with zero attached hydrogens (tertiary/aromatic N) is 2. The average Bonchev–Trinajstić information content (AvgIpc) is 3.52. The molecule has 0 amide bonds. The summed E-state index contributed by atoms with van der Waals surface area (Å²) in [5, 5.41) is 10.8. The average molecular weight is 679 g/mol. The molecule has 3 atom stereocenters. The topological polar surface area (TPSA) is 42.2 Å². The molecule has 7 rings (SSSR count). The standard InChI is InChI=1S/C35H38BrN2O2.BrH/c36-29-13-10-26(11-14-29)20-38(17-16-25-12-15-33-34(18-25)40-24-39-33)21-31-30(32(31)22-38)19-35(23-37,28-8-4-5-9-28)27-6-2-1-3-7-27;/h1-3,6-7,10-15,18,28,30-32H,4-5,8-9,16-17,19-22,24H2;1H/q+1;/p-1. The molecule has 0 aromatic heterocycles. The highest BCUT2D eigenvalue weighted by Crippen LogP contribution is 2.61. The van der Waals surface area contributed by atoms with Gasteiger partial charge in [0.1, 0.15) is 6.54 Å². The van der Waals surface area contributed by atoms with Crippen LogP contribution in [0.3, 0.4) is 0 Å². The lowest BCUT2D eigenvalue weighted by Gasteiger charge is -2.39. The molecule has 2 aliphatic heterocycles. The Morgan fingerprint density at radius 3 is 2.27 bits per heavy atom. The molecule has 2 aliphatic carbocycles. The molecule has 3 unspecified atom stereocenters. The molecule has 3 aromatic carbocycles. The number of hydrogen-bond donors (Lipinski definition) is 0. The third-order valence-corrected chi connectivity index (χ3v) is 11.1. The van der Waals surface area contributed by atoms with E-state index in [1.54, 1.807) is 0 Å². The van der Waals surface area contributed by atoms with Crippen LogP contribution in [0.1, 0.15) is 48.8 Å². The molecule has 0 spiro atoms. The molecule has 2 saturated carbocycles. The van der Waals surface area contributed by atoms with E-state index in [0.717, 1.165) is 58.2 Å². The fraction of sp³-hybridized carbons (Fsp3) is 0.457. The van der Waals surface area contributed by atoms with Crippen LogP contribution in [0.4, 0.5) is 0 Å². The van der Waals surface area contributed by atoms with E-state index in [1.165, 1.54) is 55.5 Å². The summed E-state index contributed by atoms with van der Waals surface area (Å²) in [5.74, 6) is 4.35. The molecule has 4 aliphatic rings. The molecule has 0 N–H and O–H groups in total. The highest BCUT2D eigenvalue weighted by Gasteiger charge is 2.64. The SMILES string of the molecule is N#CC(CC1C2C[N+](CCc3ccc4c(c3)OCO4)(Cc3ccc(Br)cc3)CC12)(c1ccccc1)C1CCCC1.[Br-]. The molecule has 41 heavy (non-hydrogen) atoms. The molecule has 3 fully saturated rings. The molecule has 4 nitrogen and oxygen atoms in total. The number of ether oxygens (including phenoxy) is 2. The Balaban J connectivity index is 0.00000302. The third-order valence-electron chi connectivity index (χ3n) is 10.5. The van der Waals surface area contributed by atoms with Gasteiger partial charge in [0.15, 0.2) is 11.5 Å². The van der Waals surface area contributed by atoms with Gasteiger partial charge in [0.25, 0.3) is 0 Å². The van der Waals surface area contributed by atoms with Gasteiger partial charge in [-0.3, -0.25) is 0 Å². The largest absolute Gasteiger partial charge is 1.00 e. The van der Waals surface area contributed by atoms with Crippen molar-refractivity contribution in [3.05, 3.63) is 94.0 Å². The lowest BCUT2D eigenvalue weighted by Crippen LogP contribution is -3.00. The summed E-state index contributed by atoms with van der Waals surface area (Å²) in [6, 6.07) is 29.0. The van der Waals surface area contributed by atoms with Crippen molar-refractivity contribution >= 4 is 15.9 Å². The molecule has 0 bridgehead atoms. The Morgan fingerprint density at radius 2 is 1.56 bits per heavy atom. The number of likely N-dealkylation sites (tertiary alicyclic amines) is 1. The zero-order valence-electron chi connectivity index (χ0n) is 23.5. The number of hydrogen-bond acceptors (Lipinski definition) is 3. The second-order valence-electron chi connectivity index (χ2n) is 12.8. The lowest BCUT2D eigenvalue weighted by atomic mass is 9.67. The molecule has 6 heteroatoms. The van der Waals surface area contributed by atoms with Gasteiger partial charge in [0, 0.05) is 28.3 Å². The second kappa shape index (κ2) is 11.7. The van der Waals surface area contributed by atoms with Crippen molar-refractivity contribution in [2.75, 3.05) is 26.4 Å². The Morgan fingerprint density at radius 1 is 0.878 bits per heavy atom. The van der Waals surface area contributed by atoms with Gasteiger partial charge >= 0.3 is 0 Å². The summed E-state index contributed by atoms with van der Waals surface area (Å²) in [6.07, 6.45) is 7.00. The maximum absolute atomic E-state index is 10.8. The van der Waals surface area contributed by atoms with Crippen LogP contribution in [-0.4, -0.2) is 30.9 Å². The molecular formula is C35H38Br2N2O2. The number of rotatable bonds is 9. The van der Waals surface area contributed by atoms with E-state index in [1.807, 2.05) is 0 Å². The van der Waals surface area contributed by atoms with E-state index in [9.17, 15) is 5.26 Å². The summed E-state index contributed by atoms with van der Waals surface area (Å²) >= 11 is 3.61. The van der Waals surface area contributed by atoms with Crippen LogP contribution in [0.15, 0.2) is 77.3 Å². The van der Waals surface area contributed by atoms with Gasteiger partial charge in [-0.15, -0.1) is 0 Å². The molecular weight excluding hydrogens is 640 g/mol. The Hall–Kier alpha value is -2.33. The minimum atomic E-state index is -0.333. The highest BCUT2D eigenvalue weighted by atomic mass is 79.9. The summed E-state index contributed by atoms with van der Waals surface area (Å²) in [5.41, 5.74) is 3.66. The highest BCUT2D eigenvalue weighted by molar-refractivity contribution is 9.10. The molecule has 3 aromatic rings. The fourth-order valence-corrected chi connectivity index (χ4v) is 8.68. The quantitative estimate of drug-likeness (QED) is 0.310. The van der Waals surface area contributed by atoms with Crippen molar-refractivity contribution in [3.8, 4) is 17.6 Å². The first-order valence-corrected chi connectivity index (χ1v) is 15.8. The molecule has 214 valence electrons. The number of benzene rings is 3. The van der Waals surface area contributed by atoms with Gasteiger partial charge in [-0.1, -0.05) is 77.3 Å². The van der Waals surface area contributed by atoms with Crippen LogP contribution in [0.5, 0.6) is 11.5 Å². The van der Waals surface area contributed by atoms with Gasteiger partial charge in [-0.05, 0) is 66.5 Å². The van der Waals surface area contributed by atoms with Crippen LogP contribution in [0.2, 0.25) is 0 Å². The van der Waals surface area contributed by atoms with Crippen molar-refractivity contribution in [2.45, 2.75) is 50.5 Å². The van der Waals surface area contributed by atoms with E-state index < -0.39 is 0 Å². The van der Waals surface area contributed by atoms with E-state index >= 15 is 0 Å². The van der Waals surface area contributed by atoms with E-state index in [2.05, 4.69) is 94.8 Å². The zero-order chi connectivity index (χ0) is 27.2. The summed E-state index contributed by atoms with van der Waals surface area (Å²) < 4.78 is 13.5. The third kappa shape index (κ3) is 5.58. The minimum absolute atomic E-state index is 0. The molecule has 1 saturated heterocycles. The second-order valence-corrected chi connectivity index (χ2v) is 13.7. The first kappa shape index (κ1) is 28.8. The fourth-order valence-electron chi connectivity index (χ4n) is 8.42. The predicted molar refractivity (Wildman–Crippen MR) is 160 cm³/mol. The van der Waals surface area contributed by atoms with Gasteiger partial charge in [-0.25, -0.2) is 0 Å².